The summed E-state index contributed by atoms with van der Waals surface area (Å²) in [7, 11) is 0. The first kappa shape index (κ1) is 21.2. The first-order chi connectivity index (χ1) is 15.6. The van der Waals surface area contributed by atoms with Gasteiger partial charge in [0.05, 0.1) is 17.7 Å². The fraction of sp³-hybridized carbons (Fsp3) is 0.280. The van der Waals surface area contributed by atoms with Crippen LogP contribution in [0.25, 0.3) is 15.9 Å². The Morgan fingerprint density at radius 3 is 2.78 bits per heavy atom. The van der Waals surface area contributed by atoms with E-state index in [1.165, 1.54) is 28.3 Å². The molecule has 1 unspecified atom stereocenters. The molecular weight excluding hydrogens is 443 g/mol. The number of benzene rings is 2. The third-order valence-corrected chi connectivity index (χ3v) is 7.77. The summed E-state index contributed by atoms with van der Waals surface area (Å²) in [6, 6.07) is 16.0. The molecule has 0 aliphatic heterocycles. The molecule has 4 nitrogen and oxygen atoms in total. The first-order valence-electron chi connectivity index (χ1n) is 10.7. The van der Waals surface area contributed by atoms with Crippen molar-refractivity contribution in [1.82, 2.24) is 9.55 Å². The van der Waals surface area contributed by atoms with Crippen molar-refractivity contribution in [3.63, 3.8) is 0 Å². The zero-order chi connectivity index (χ0) is 22.1. The molecule has 0 saturated heterocycles. The molecule has 1 aliphatic carbocycles. The van der Waals surface area contributed by atoms with Crippen molar-refractivity contribution in [3.05, 3.63) is 81.2 Å². The van der Waals surface area contributed by atoms with Crippen molar-refractivity contribution < 1.29 is 9.13 Å². The fourth-order valence-electron chi connectivity index (χ4n) is 4.12. The van der Waals surface area contributed by atoms with E-state index in [0.717, 1.165) is 35.2 Å². The van der Waals surface area contributed by atoms with Crippen LogP contribution in [-0.4, -0.2) is 21.9 Å². The Balaban J connectivity index is 1.49. The van der Waals surface area contributed by atoms with Gasteiger partial charge in [-0.2, -0.15) is 0 Å². The molecule has 2 heterocycles. The molecule has 0 N–H and O–H groups in total. The van der Waals surface area contributed by atoms with Gasteiger partial charge in [-0.15, -0.1) is 11.3 Å². The fourth-order valence-corrected chi connectivity index (χ4v) is 6.37. The molecule has 1 atom stereocenters. The number of hydrogen-bond acceptors (Lipinski definition) is 5. The summed E-state index contributed by atoms with van der Waals surface area (Å²) in [6.07, 6.45) is 3.05. The first-order valence-corrected chi connectivity index (χ1v) is 12.5. The Hall–Kier alpha value is -2.64. The van der Waals surface area contributed by atoms with Crippen LogP contribution in [0.15, 0.2) is 64.5 Å². The Morgan fingerprint density at radius 1 is 1.19 bits per heavy atom. The monoisotopic (exact) mass is 466 g/mol. The second-order valence-electron chi connectivity index (χ2n) is 8.03. The Morgan fingerprint density at radius 2 is 1.97 bits per heavy atom. The number of ether oxygens (including phenoxy) is 1. The summed E-state index contributed by atoms with van der Waals surface area (Å²) < 4.78 is 21.1. The number of para-hydroxylation sites is 2. The minimum atomic E-state index is -0.378. The number of aryl methyl sites for hydroxylation is 1. The SMILES string of the molecule is CC1CCc2c(sc3nc(SCCOc4ccccc4F)n(-c4ccccc4)c(=O)c23)C1. The number of halogens is 1. The number of fused-ring (bicyclic) bond motifs is 3. The average Bonchev–Trinajstić information content (AvgIpc) is 3.16. The van der Waals surface area contributed by atoms with E-state index in [1.54, 1.807) is 34.1 Å². The topological polar surface area (TPSA) is 44.1 Å². The molecule has 4 aromatic rings. The molecular formula is C25H23FN2O2S2. The number of rotatable bonds is 6. The lowest BCUT2D eigenvalue weighted by Crippen LogP contribution is -2.23. The van der Waals surface area contributed by atoms with Crippen molar-refractivity contribution in [2.24, 2.45) is 5.92 Å². The van der Waals surface area contributed by atoms with Crippen LogP contribution in [0.2, 0.25) is 0 Å². The molecule has 0 radical (unpaired) electrons. The van der Waals surface area contributed by atoms with E-state index >= 15 is 0 Å². The number of hydrogen-bond donors (Lipinski definition) is 0. The number of thiophene rings is 1. The molecule has 0 bridgehead atoms. The third-order valence-electron chi connectivity index (χ3n) is 5.72. The summed E-state index contributed by atoms with van der Waals surface area (Å²) in [5.74, 6) is 1.03. The molecule has 0 spiro atoms. The molecule has 5 rings (SSSR count). The normalized spacial score (nSPS) is 15.6. The third kappa shape index (κ3) is 4.07. The summed E-state index contributed by atoms with van der Waals surface area (Å²) in [5, 5.41) is 1.41. The average molecular weight is 467 g/mol. The van der Waals surface area contributed by atoms with Gasteiger partial charge >= 0.3 is 0 Å². The largest absolute Gasteiger partial charge is 0.490 e. The maximum absolute atomic E-state index is 13.8. The summed E-state index contributed by atoms with van der Waals surface area (Å²) in [5.41, 5.74) is 1.98. The van der Waals surface area contributed by atoms with Crippen LogP contribution in [0.4, 0.5) is 4.39 Å². The van der Waals surface area contributed by atoms with Crippen molar-refractivity contribution in [2.75, 3.05) is 12.4 Å². The zero-order valence-electron chi connectivity index (χ0n) is 17.7. The van der Waals surface area contributed by atoms with E-state index in [-0.39, 0.29) is 17.1 Å². The van der Waals surface area contributed by atoms with Gasteiger partial charge in [-0.25, -0.2) is 9.37 Å². The predicted octanol–water partition coefficient (Wildman–Crippen LogP) is 5.88. The second kappa shape index (κ2) is 9.08. The van der Waals surface area contributed by atoms with Gasteiger partial charge < -0.3 is 4.74 Å². The lowest BCUT2D eigenvalue weighted by atomic mass is 9.89. The lowest BCUT2D eigenvalue weighted by molar-refractivity contribution is 0.325. The van der Waals surface area contributed by atoms with E-state index < -0.39 is 0 Å². The van der Waals surface area contributed by atoms with Crippen LogP contribution in [0.1, 0.15) is 23.8 Å². The van der Waals surface area contributed by atoms with Crippen LogP contribution in [0.5, 0.6) is 5.75 Å². The van der Waals surface area contributed by atoms with Crippen LogP contribution < -0.4 is 10.3 Å². The minimum Gasteiger partial charge on any atom is -0.490 e. The van der Waals surface area contributed by atoms with Gasteiger partial charge in [0.15, 0.2) is 16.7 Å². The number of nitrogens with zero attached hydrogens (tertiary/aromatic N) is 2. The predicted molar refractivity (Wildman–Crippen MR) is 129 cm³/mol. The second-order valence-corrected chi connectivity index (χ2v) is 10.2. The van der Waals surface area contributed by atoms with E-state index in [4.69, 9.17) is 9.72 Å². The van der Waals surface area contributed by atoms with Gasteiger partial charge in [-0.3, -0.25) is 9.36 Å². The number of aromatic nitrogens is 2. The number of thioether (sulfide) groups is 1. The zero-order valence-corrected chi connectivity index (χ0v) is 19.3. The van der Waals surface area contributed by atoms with Crippen molar-refractivity contribution in [1.29, 1.82) is 0 Å². The molecule has 32 heavy (non-hydrogen) atoms. The Bertz CT molecular complexity index is 1320. The molecule has 7 heteroatoms. The van der Waals surface area contributed by atoms with Gasteiger partial charge in [0.25, 0.3) is 5.56 Å². The van der Waals surface area contributed by atoms with Crippen molar-refractivity contribution in [2.45, 2.75) is 31.3 Å². The minimum absolute atomic E-state index is 0.00854. The summed E-state index contributed by atoms with van der Waals surface area (Å²) in [6.45, 7) is 2.58. The lowest BCUT2D eigenvalue weighted by Gasteiger charge is -2.17. The van der Waals surface area contributed by atoms with Gasteiger partial charge in [0, 0.05) is 10.6 Å². The molecule has 2 aromatic heterocycles. The Kier molecular flexibility index (Phi) is 6.02. The van der Waals surface area contributed by atoms with E-state index in [9.17, 15) is 9.18 Å². The van der Waals surface area contributed by atoms with Crippen LogP contribution in [-0.2, 0) is 12.8 Å². The molecule has 0 fully saturated rings. The highest BCUT2D eigenvalue weighted by molar-refractivity contribution is 7.99. The van der Waals surface area contributed by atoms with Crippen LogP contribution in [0, 0.1) is 11.7 Å². The molecule has 0 amide bonds. The van der Waals surface area contributed by atoms with Gasteiger partial charge in [0.2, 0.25) is 0 Å². The maximum atomic E-state index is 13.8. The smallest absolute Gasteiger partial charge is 0.267 e. The highest BCUT2D eigenvalue weighted by Gasteiger charge is 2.25. The quantitative estimate of drug-likeness (QED) is 0.202. The Labute approximate surface area is 194 Å². The highest BCUT2D eigenvalue weighted by Crippen LogP contribution is 2.37. The van der Waals surface area contributed by atoms with Gasteiger partial charge in [-0.05, 0) is 55.0 Å². The molecule has 1 aliphatic rings. The summed E-state index contributed by atoms with van der Waals surface area (Å²) in [4.78, 5) is 20.7. The summed E-state index contributed by atoms with van der Waals surface area (Å²) >= 11 is 3.11. The van der Waals surface area contributed by atoms with E-state index in [1.807, 2.05) is 30.3 Å². The highest BCUT2D eigenvalue weighted by atomic mass is 32.2. The van der Waals surface area contributed by atoms with Gasteiger partial charge in [-0.1, -0.05) is 49.0 Å². The van der Waals surface area contributed by atoms with Crippen molar-refractivity contribution >= 4 is 33.3 Å². The standard InChI is InChI=1S/C25H23FN2O2S2/c1-16-11-12-18-21(15-16)32-23-22(18)24(29)28(17-7-3-2-4-8-17)25(27-23)31-14-13-30-20-10-6-5-9-19(20)26/h2-10,16H,11-15H2,1H3. The van der Waals surface area contributed by atoms with Crippen molar-refractivity contribution in [3.8, 4) is 11.4 Å². The van der Waals surface area contributed by atoms with E-state index in [2.05, 4.69) is 6.92 Å². The van der Waals surface area contributed by atoms with Crippen LogP contribution in [0.3, 0.4) is 0 Å². The van der Waals surface area contributed by atoms with Crippen LogP contribution >= 0.6 is 23.1 Å². The van der Waals surface area contributed by atoms with Gasteiger partial charge in [0.1, 0.15) is 4.83 Å². The molecule has 164 valence electrons. The van der Waals surface area contributed by atoms with E-state index in [0.29, 0.717) is 23.4 Å². The molecule has 0 saturated carbocycles. The maximum Gasteiger partial charge on any atom is 0.267 e. The molecule has 2 aromatic carbocycles.